The van der Waals surface area contributed by atoms with E-state index in [0.717, 1.165) is 29.3 Å². The quantitative estimate of drug-likeness (QED) is 0.544. The Kier molecular flexibility index (Phi) is 7.72. The molecule has 0 unspecified atom stereocenters. The van der Waals surface area contributed by atoms with Gasteiger partial charge in [-0.3, -0.25) is 4.79 Å². The van der Waals surface area contributed by atoms with Gasteiger partial charge in [0.25, 0.3) is 0 Å². The summed E-state index contributed by atoms with van der Waals surface area (Å²) in [6.45, 7) is 1.65. The molecular formula is C20H24BrN3O3S2. The summed E-state index contributed by atoms with van der Waals surface area (Å²) in [6, 6.07) is 11.1. The van der Waals surface area contributed by atoms with E-state index in [0.29, 0.717) is 24.7 Å². The first kappa shape index (κ1) is 22.3. The lowest BCUT2D eigenvalue weighted by Crippen LogP contribution is -2.35. The molecule has 1 aromatic heterocycles. The Morgan fingerprint density at radius 3 is 2.55 bits per heavy atom. The molecule has 0 atom stereocenters. The van der Waals surface area contributed by atoms with Crippen LogP contribution in [0.4, 0.5) is 0 Å². The molecule has 2 aromatic rings. The molecule has 29 heavy (non-hydrogen) atoms. The number of amides is 1. The van der Waals surface area contributed by atoms with Gasteiger partial charge in [-0.1, -0.05) is 52.3 Å². The lowest BCUT2D eigenvalue weighted by molar-refractivity contribution is -0.127. The molecule has 9 heteroatoms. The summed E-state index contributed by atoms with van der Waals surface area (Å²) in [5.74, 6) is 0.226. The number of halogens is 1. The number of benzene rings is 1. The van der Waals surface area contributed by atoms with Crippen LogP contribution in [-0.2, 0) is 21.4 Å². The summed E-state index contributed by atoms with van der Waals surface area (Å²) in [4.78, 5) is 18.6. The fourth-order valence-corrected chi connectivity index (χ4v) is 5.73. The average molecular weight is 498 g/mol. The number of hydrogen-bond donors (Lipinski definition) is 0. The average Bonchev–Trinajstić information content (AvgIpc) is 2.74. The third-order valence-electron chi connectivity index (χ3n) is 4.80. The van der Waals surface area contributed by atoms with E-state index in [4.69, 9.17) is 0 Å². The largest absolute Gasteiger partial charge is 0.341 e. The molecule has 0 bridgehead atoms. The summed E-state index contributed by atoms with van der Waals surface area (Å²) in [5, 5.41) is 0.630. The lowest BCUT2D eigenvalue weighted by Gasteiger charge is -2.25. The molecule has 6 nitrogen and oxygen atoms in total. The number of piperidine rings is 1. The third-order valence-corrected chi connectivity index (χ3v) is 8.38. The highest BCUT2D eigenvalue weighted by atomic mass is 79.9. The van der Waals surface area contributed by atoms with Crippen molar-refractivity contribution in [3.63, 3.8) is 0 Å². The second-order valence-corrected chi connectivity index (χ2v) is 10.7. The summed E-state index contributed by atoms with van der Waals surface area (Å²) in [5.41, 5.74) is 1.04. The first-order chi connectivity index (χ1) is 13.9. The van der Waals surface area contributed by atoms with E-state index < -0.39 is 10.0 Å². The van der Waals surface area contributed by atoms with Gasteiger partial charge in [0.1, 0.15) is 4.90 Å². The molecule has 1 aliphatic rings. The Morgan fingerprint density at radius 2 is 1.90 bits per heavy atom. The fraction of sp³-hybridized carbons (Fsp3) is 0.400. The molecule has 0 aliphatic carbocycles. The molecule has 2 heterocycles. The van der Waals surface area contributed by atoms with E-state index in [9.17, 15) is 13.2 Å². The van der Waals surface area contributed by atoms with Crippen molar-refractivity contribution in [2.24, 2.45) is 0 Å². The number of aromatic nitrogens is 1. The van der Waals surface area contributed by atoms with Crippen molar-refractivity contribution in [3.8, 4) is 0 Å². The smallest absolute Gasteiger partial charge is 0.244 e. The lowest BCUT2D eigenvalue weighted by atomic mass is 10.2. The monoisotopic (exact) mass is 497 g/mol. The van der Waals surface area contributed by atoms with Crippen molar-refractivity contribution < 1.29 is 13.2 Å². The molecule has 0 saturated carbocycles. The van der Waals surface area contributed by atoms with Crippen LogP contribution >= 0.6 is 27.7 Å². The second-order valence-electron chi connectivity index (χ2n) is 6.93. The van der Waals surface area contributed by atoms with Crippen molar-refractivity contribution in [3.05, 3.63) is 52.6 Å². The Hall–Kier alpha value is -1.42. The van der Waals surface area contributed by atoms with E-state index in [-0.39, 0.29) is 16.6 Å². The Bertz CT molecular complexity index is 946. The van der Waals surface area contributed by atoms with Crippen molar-refractivity contribution in [2.45, 2.75) is 35.7 Å². The standard InChI is InChI=1S/C20H24BrN3O3S2/c1-23(14-16-7-3-4-8-18(16)21)20(25)15-28-19-10-9-17(13-22-19)29(26,27)24-11-5-2-6-12-24/h3-4,7-10,13H,2,5-6,11-12,14-15H2,1H3. The van der Waals surface area contributed by atoms with Gasteiger partial charge in [0.15, 0.2) is 0 Å². The van der Waals surface area contributed by atoms with Gasteiger partial charge in [-0.25, -0.2) is 13.4 Å². The topological polar surface area (TPSA) is 70.6 Å². The summed E-state index contributed by atoms with van der Waals surface area (Å²) < 4.78 is 27.8. The van der Waals surface area contributed by atoms with Crippen molar-refractivity contribution >= 4 is 43.6 Å². The highest BCUT2D eigenvalue weighted by Crippen LogP contribution is 2.23. The third kappa shape index (κ3) is 5.81. The summed E-state index contributed by atoms with van der Waals surface area (Å²) in [6.07, 6.45) is 4.26. The molecular weight excluding hydrogens is 474 g/mol. The van der Waals surface area contributed by atoms with Gasteiger partial charge in [0.2, 0.25) is 15.9 Å². The minimum atomic E-state index is -3.48. The first-order valence-electron chi connectivity index (χ1n) is 9.44. The highest BCUT2D eigenvalue weighted by molar-refractivity contribution is 9.10. The van der Waals surface area contributed by atoms with Crippen LogP contribution in [0.3, 0.4) is 0 Å². The van der Waals surface area contributed by atoms with Crippen LogP contribution in [0.15, 0.2) is 57.0 Å². The van der Waals surface area contributed by atoms with Crippen LogP contribution in [0, 0.1) is 0 Å². The zero-order valence-electron chi connectivity index (χ0n) is 16.3. The molecule has 1 aliphatic heterocycles. The molecule has 156 valence electrons. The Balaban J connectivity index is 1.55. The maximum absolute atomic E-state index is 12.7. The van der Waals surface area contributed by atoms with E-state index >= 15 is 0 Å². The van der Waals surface area contributed by atoms with Crippen LogP contribution in [0.5, 0.6) is 0 Å². The van der Waals surface area contributed by atoms with Gasteiger partial charge in [0.05, 0.1) is 10.8 Å². The predicted octanol–water partition coefficient (Wildman–Crippen LogP) is 3.77. The van der Waals surface area contributed by atoms with E-state index in [2.05, 4.69) is 20.9 Å². The molecule has 1 aromatic carbocycles. The van der Waals surface area contributed by atoms with Crippen LogP contribution in [-0.4, -0.2) is 54.4 Å². The number of sulfonamides is 1. The minimum Gasteiger partial charge on any atom is -0.341 e. The minimum absolute atomic E-state index is 0.0161. The van der Waals surface area contributed by atoms with E-state index in [1.54, 1.807) is 24.1 Å². The number of pyridine rings is 1. The molecule has 0 spiro atoms. The Morgan fingerprint density at radius 1 is 1.17 bits per heavy atom. The predicted molar refractivity (Wildman–Crippen MR) is 118 cm³/mol. The molecule has 1 amide bonds. The van der Waals surface area contributed by atoms with Crippen LogP contribution in [0.25, 0.3) is 0 Å². The molecule has 1 fully saturated rings. The zero-order chi connectivity index (χ0) is 20.9. The SMILES string of the molecule is CN(Cc1ccccc1Br)C(=O)CSc1ccc(S(=O)(=O)N2CCCCC2)cn1. The second kappa shape index (κ2) is 10.1. The van der Waals surface area contributed by atoms with Gasteiger partial charge < -0.3 is 4.90 Å². The first-order valence-corrected chi connectivity index (χ1v) is 12.7. The number of rotatable bonds is 7. The summed E-state index contributed by atoms with van der Waals surface area (Å²) >= 11 is 4.80. The van der Waals surface area contributed by atoms with Crippen LogP contribution < -0.4 is 0 Å². The van der Waals surface area contributed by atoms with Crippen molar-refractivity contribution in [1.82, 2.24) is 14.2 Å². The highest BCUT2D eigenvalue weighted by Gasteiger charge is 2.26. The Labute approximate surface area is 184 Å². The fourth-order valence-electron chi connectivity index (χ4n) is 3.08. The summed E-state index contributed by atoms with van der Waals surface area (Å²) in [7, 11) is -1.71. The van der Waals surface area contributed by atoms with E-state index in [1.807, 2.05) is 24.3 Å². The van der Waals surface area contributed by atoms with Gasteiger partial charge >= 0.3 is 0 Å². The normalized spacial score (nSPS) is 15.2. The molecule has 1 saturated heterocycles. The van der Waals surface area contributed by atoms with Gasteiger partial charge in [-0.2, -0.15) is 4.31 Å². The van der Waals surface area contributed by atoms with Crippen molar-refractivity contribution in [2.75, 3.05) is 25.9 Å². The molecule has 3 rings (SSSR count). The number of carbonyl (C=O) groups is 1. The number of nitrogens with zero attached hydrogens (tertiary/aromatic N) is 3. The maximum Gasteiger partial charge on any atom is 0.244 e. The number of hydrogen-bond acceptors (Lipinski definition) is 5. The van der Waals surface area contributed by atoms with Crippen LogP contribution in [0.1, 0.15) is 24.8 Å². The van der Waals surface area contributed by atoms with Crippen molar-refractivity contribution in [1.29, 1.82) is 0 Å². The van der Waals surface area contributed by atoms with Gasteiger partial charge in [-0.15, -0.1) is 0 Å². The van der Waals surface area contributed by atoms with Gasteiger partial charge in [-0.05, 0) is 36.6 Å². The van der Waals surface area contributed by atoms with Crippen LogP contribution in [0.2, 0.25) is 0 Å². The number of thioether (sulfide) groups is 1. The zero-order valence-corrected chi connectivity index (χ0v) is 19.5. The molecule has 0 radical (unpaired) electrons. The molecule has 0 N–H and O–H groups in total. The van der Waals surface area contributed by atoms with E-state index in [1.165, 1.54) is 22.3 Å². The number of carbonyl (C=O) groups excluding carboxylic acids is 1. The van der Waals surface area contributed by atoms with Gasteiger partial charge in [0, 0.05) is 37.4 Å². The maximum atomic E-state index is 12.7.